The van der Waals surface area contributed by atoms with Crippen molar-refractivity contribution in [1.29, 1.82) is 0 Å². The minimum Gasteiger partial charge on any atom is -0.423 e. The Morgan fingerprint density at radius 1 is 1.10 bits per heavy atom. The molecular formula is C16H26BNO3. The van der Waals surface area contributed by atoms with Crippen LogP contribution in [0.15, 0.2) is 18.2 Å². The van der Waals surface area contributed by atoms with Crippen molar-refractivity contribution in [3.8, 4) is 0 Å². The standard InChI is InChI=1S/C16H26BNO3/c1-11(19)18-10-16(5,6)13-7-12(15(2,3)4)8-14(9-13)17(20)21/h7-9,20-21H,10H2,1-6H3,(H,18,19). The maximum atomic E-state index is 11.1. The summed E-state index contributed by atoms with van der Waals surface area (Å²) in [5, 5.41) is 21.8. The maximum Gasteiger partial charge on any atom is 0.488 e. The molecule has 0 aliphatic rings. The third kappa shape index (κ3) is 4.86. The molecule has 21 heavy (non-hydrogen) atoms. The Labute approximate surface area is 127 Å². The Hall–Kier alpha value is -1.33. The van der Waals surface area contributed by atoms with E-state index in [4.69, 9.17) is 0 Å². The maximum absolute atomic E-state index is 11.1. The van der Waals surface area contributed by atoms with E-state index in [0.717, 1.165) is 11.1 Å². The monoisotopic (exact) mass is 291 g/mol. The molecule has 0 saturated carbocycles. The van der Waals surface area contributed by atoms with Crippen molar-refractivity contribution in [3.05, 3.63) is 29.3 Å². The van der Waals surface area contributed by atoms with E-state index in [-0.39, 0.29) is 16.7 Å². The molecule has 0 bridgehead atoms. The normalized spacial score (nSPS) is 12.2. The van der Waals surface area contributed by atoms with E-state index in [1.165, 1.54) is 6.92 Å². The minimum atomic E-state index is -1.50. The third-order valence-electron chi connectivity index (χ3n) is 3.68. The van der Waals surface area contributed by atoms with Crippen LogP contribution >= 0.6 is 0 Å². The average Bonchev–Trinajstić information content (AvgIpc) is 2.35. The van der Waals surface area contributed by atoms with Gasteiger partial charge in [0.2, 0.25) is 5.91 Å². The average molecular weight is 291 g/mol. The number of carbonyl (C=O) groups is 1. The summed E-state index contributed by atoms with van der Waals surface area (Å²) in [7, 11) is -1.50. The Morgan fingerprint density at radius 3 is 2.05 bits per heavy atom. The second-order valence-corrected chi connectivity index (χ2v) is 7.26. The van der Waals surface area contributed by atoms with E-state index in [1.54, 1.807) is 6.07 Å². The fraction of sp³-hybridized carbons (Fsp3) is 0.562. The summed E-state index contributed by atoms with van der Waals surface area (Å²) in [6.07, 6.45) is 0. The quantitative estimate of drug-likeness (QED) is 0.727. The van der Waals surface area contributed by atoms with Gasteiger partial charge < -0.3 is 15.4 Å². The van der Waals surface area contributed by atoms with Crippen LogP contribution in [0.25, 0.3) is 0 Å². The van der Waals surface area contributed by atoms with Gasteiger partial charge in [-0.15, -0.1) is 0 Å². The molecule has 0 fully saturated rings. The van der Waals surface area contributed by atoms with Crippen molar-refractivity contribution in [2.75, 3.05) is 6.54 Å². The first-order valence-electron chi connectivity index (χ1n) is 7.20. The van der Waals surface area contributed by atoms with Gasteiger partial charge in [-0.1, -0.05) is 52.8 Å². The zero-order valence-electron chi connectivity index (χ0n) is 13.8. The van der Waals surface area contributed by atoms with Crippen LogP contribution in [-0.2, 0) is 15.6 Å². The lowest BCUT2D eigenvalue weighted by Gasteiger charge is -2.29. The predicted octanol–water partition coefficient (Wildman–Crippen LogP) is 1.08. The molecule has 1 aromatic carbocycles. The van der Waals surface area contributed by atoms with Crippen LogP contribution in [0, 0.1) is 0 Å². The summed E-state index contributed by atoms with van der Waals surface area (Å²) in [6, 6.07) is 5.69. The van der Waals surface area contributed by atoms with Gasteiger partial charge in [0, 0.05) is 18.9 Å². The Bertz CT molecular complexity index is 519. The van der Waals surface area contributed by atoms with E-state index in [9.17, 15) is 14.8 Å². The van der Waals surface area contributed by atoms with Crippen LogP contribution in [-0.4, -0.2) is 29.6 Å². The summed E-state index contributed by atoms with van der Waals surface area (Å²) in [5.74, 6) is -0.0718. The van der Waals surface area contributed by atoms with Crippen LogP contribution in [0.5, 0.6) is 0 Å². The van der Waals surface area contributed by atoms with Gasteiger partial charge in [0.25, 0.3) is 0 Å². The van der Waals surface area contributed by atoms with Crippen LogP contribution < -0.4 is 10.8 Å². The SMILES string of the molecule is CC(=O)NCC(C)(C)c1cc(B(O)O)cc(C(C)(C)C)c1. The molecular weight excluding hydrogens is 265 g/mol. The van der Waals surface area contributed by atoms with Crippen molar-refractivity contribution < 1.29 is 14.8 Å². The van der Waals surface area contributed by atoms with Gasteiger partial charge >= 0.3 is 7.12 Å². The molecule has 0 atom stereocenters. The van der Waals surface area contributed by atoms with Gasteiger partial charge in [-0.2, -0.15) is 0 Å². The molecule has 0 spiro atoms. The highest BCUT2D eigenvalue weighted by molar-refractivity contribution is 6.58. The molecule has 116 valence electrons. The molecule has 0 saturated heterocycles. The van der Waals surface area contributed by atoms with Gasteiger partial charge in [-0.3, -0.25) is 4.79 Å². The molecule has 3 N–H and O–H groups in total. The smallest absolute Gasteiger partial charge is 0.423 e. The summed E-state index contributed by atoms with van der Waals surface area (Å²) in [6.45, 7) is 12.3. The largest absolute Gasteiger partial charge is 0.488 e. The van der Waals surface area contributed by atoms with E-state index >= 15 is 0 Å². The van der Waals surface area contributed by atoms with Crippen molar-refractivity contribution in [1.82, 2.24) is 5.32 Å². The molecule has 0 radical (unpaired) electrons. The molecule has 0 heterocycles. The molecule has 5 heteroatoms. The Kier molecular flexibility index (Phi) is 5.23. The first-order valence-corrected chi connectivity index (χ1v) is 7.20. The van der Waals surface area contributed by atoms with Gasteiger partial charge in [-0.25, -0.2) is 0 Å². The zero-order chi connectivity index (χ0) is 16.4. The van der Waals surface area contributed by atoms with Gasteiger partial charge in [0.15, 0.2) is 0 Å². The fourth-order valence-electron chi connectivity index (χ4n) is 2.07. The highest BCUT2D eigenvalue weighted by Crippen LogP contribution is 2.28. The Morgan fingerprint density at radius 2 is 1.62 bits per heavy atom. The van der Waals surface area contributed by atoms with E-state index < -0.39 is 7.12 Å². The number of hydrogen-bond acceptors (Lipinski definition) is 3. The number of hydrogen-bond donors (Lipinski definition) is 3. The van der Waals surface area contributed by atoms with Crippen molar-refractivity contribution in [2.45, 2.75) is 52.4 Å². The lowest BCUT2D eigenvalue weighted by atomic mass is 9.71. The second kappa shape index (κ2) is 6.20. The first-order chi connectivity index (χ1) is 9.43. The Balaban J connectivity index is 3.28. The lowest BCUT2D eigenvalue weighted by Crippen LogP contribution is -2.38. The molecule has 0 aliphatic carbocycles. The number of rotatable bonds is 4. The molecule has 0 aromatic heterocycles. The predicted molar refractivity (Wildman–Crippen MR) is 86.7 cm³/mol. The van der Waals surface area contributed by atoms with Crippen LogP contribution in [0.2, 0.25) is 0 Å². The molecule has 0 unspecified atom stereocenters. The summed E-state index contributed by atoms with van der Waals surface area (Å²) in [4.78, 5) is 11.1. The summed E-state index contributed by atoms with van der Waals surface area (Å²) in [5.41, 5.74) is 2.11. The van der Waals surface area contributed by atoms with Crippen LogP contribution in [0.3, 0.4) is 0 Å². The third-order valence-corrected chi connectivity index (χ3v) is 3.68. The molecule has 1 amide bonds. The van der Waals surface area contributed by atoms with E-state index in [1.807, 2.05) is 19.9 Å². The lowest BCUT2D eigenvalue weighted by molar-refractivity contribution is -0.119. The second-order valence-electron chi connectivity index (χ2n) is 7.26. The van der Waals surface area contributed by atoms with Crippen molar-refractivity contribution in [2.24, 2.45) is 0 Å². The topological polar surface area (TPSA) is 69.6 Å². The number of benzene rings is 1. The van der Waals surface area contributed by atoms with Gasteiger partial charge in [0.05, 0.1) is 0 Å². The number of carbonyl (C=O) groups excluding carboxylic acids is 1. The zero-order valence-corrected chi connectivity index (χ0v) is 13.8. The fourth-order valence-corrected chi connectivity index (χ4v) is 2.07. The molecule has 1 aromatic rings. The number of amides is 1. The van der Waals surface area contributed by atoms with Gasteiger partial charge in [0.1, 0.15) is 0 Å². The van der Waals surface area contributed by atoms with E-state index in [2.05, 4.69) is 32.2 Å². The molecule has 1 rings (SSSR count). The van der Waals surface area contributed by atoms with Crippen LogP contribution in [0.4, 0.5) is 0 Å². The van der Waals surface area contributed by atoms with Crippen molar-refractivity contribution >= 4 is 18.5 Å². The summed E-state index contributed by atoms with van der Waals surface area (Å²) < 4.78 is 0. The van der Waals surface area contributed by atoms with Crippen LogP contribution in [0.1, 0.15) is 52.7 Å². The highest BCUT2D eigenvalue weighted by Gasteiger charge is 2.26. The van der Waals surface area contributed by atoms with Gasteiger partial charge in [-0.05, 0) is 22.0 Å². The molecule has 0 aliphatic heterocycles. The summed E-state index contributed by atoms with van der Waals surface area (Å²) >= 11 is 0. The first kappa shape index (κ1) is 17.7. The number of nitrogens with one attached hydrogen (secondary N) is 1. The van der Waals surface area contributed by atoms with Crippen molar-refractivity contribution in [3.63, 3.8) is 0 Å². The molecule has 4 nitrogen and oxygen atoms in total. The minimum absolute atomic E-state index is 0.0718. The van der Waals surface area contributed by atoms with E-state index in [0.29, 0.717) is 12.0 Å². The highest BCUT2D eigenvalue weighted by atomic mass is 16.4.